The van der Waals surface area contributed by atoms with Crippen molar-refractivity contribution in [1.29, 1.82) is 0 Å². The summed E-state index contributed by atoms with van der Waals surface area (Å²) in [6.07, 6.45) is 0.568. The summed E-state index contributed by atoms with van der Waals surface area (Å²) in [5.41, 5.74) is 0.900. The smallest absolute Gasteiger partial charge is 0.255 e. The minimum atomic E-state index is -0.445. The molecule has 2 aromatic carbocycles. The van der Waals surface area contributed by atoms with Crippen LogP contribution >= 0.6 is 27.7 Å². The standard InChI is InChI=1S/C19H18BrF2NO2S/c1-25-13-3-4-16(20)14(11-13)19(24)23-7-6-18(26-9-8-23)15-10-12(21)2-5-17(15)22/h2-5,10-11,18H,6-9H2,1H3. The second kappa shape index (κ2) is 8.39. The zero-order valence-electron chi connectivity index (χ0n) is 14.2. The number of nitrogens with zero attached hydrogens (tertiary/aromatic N) is 1. The fourth-order valence-corrected chi connectivity index (χ4v) is 4.61. The van der Waals surface area contributed by atoms with Gasteiger partial charge in [-0.3, -0.25) is 4.79 Å². The van der Waals surface area contributed by atoms with Gasteiger partial charge in [-0.15, -0.1) is 0 Å². The van der Waals surface area contributed by atoms with Crippen LogP contribution in [-0.4, -0.2) is 36.8 Å². The van der Waals surface area contributed by atoms with Gasteiger partial charge < -0.3 is 9.64 Å². The van der Waals surface area contributed by atoms with E-state index < -0.39 is 11.6 Å². The summed E-state index contributed by atoms with van der Waals surface area (Å²) >= 11 is 4.96. The van der Waals surface area contributed by atoms with Crippen LogP contribution in [0.15, 0.2) is 40.9 Å². The van der Waals surface area contributed by atoms with Gasteiger partial charge in [0.2, 0.25) is 0 Å². The molecular weight excluding hydrogens is 424 g/mol. The Labute approximate surface area is 163 Å². The third-order valence-corrected chi connectivity index (χ3v) is 6.34. The van der Waals surface area contributed by atoms with E-state index in [0.717, 1.165) is 12.1 Å². The van der Waals surface area contributed by atoms with Gasteiger partial charge in [-0.1, -0.05) is 0 Å². The highest BCUT2D eigenvalue weighted by Crippen LogP contribution is 2.36. The molecule has 1 amide bonds. The largest absolute Gasteiger partial charge is 0.497 e. The molecule has 0 aliphatic carbocycles. The SMILES string of the molecule is COc1ccc(Br)c(C(=O)N2CCSC(c3cc(F)ccc3F)CC2)c1. The molecule has 1 saturated heterocycles. The monoisotopic (exact) mass is 441 g/mol. The molecule has 0 spiro atoms. The number of amides is 1. The van der Waals surface area contributed by atoms with Crippen molar-refractivity contribution in [3.63, 3.8) is 0 Å². The van der Waals surface area contributed by atoms with Crippen LogP contribution in [0.4, 0.5) is 8.78 Å². The van der Waals surface area contributed by atoms with E-state index >= 15 is 0 Å². The summed E-state index contributed by atoms with van der Waals surface area (Å²) in [4.78, 5) is 14.7. The topological polar surface area (TPSA) is 29.5 Å². The molecule has 7 heteroatoms. The lowest BCUT2D eigenvalue weighted by Crippen LogP contribution is -2.33. The normalized spacial score (nSPS) is 17.7. The molecule has 3 nitrogen and oxygen atoms in total. The number of thioether (sulfide) groups is 1. The van der Waals surface area contributed by atoms with E-state index in [1.807, 2.05) is 0 Å². The Morgan fingerprint density at radius 2 is 2.04 bits per heavy atom. The van der Waals surface area contributed by atoms with Crippen LogP contribution in [-0.2, 0) is 0 Å². The summed E-state index contributed by atoms with van der Waals surface area (Å²) in [5, 5.41) is -0.169. The zero-order valence-corrected chi connectivity index (χ0v) is 16.6. The van der Waals surface area contributed by atoms with Crippen molar-refractivity contribution >= 4 is 33.6 Å². The zero-order chi connectivity index (χ0) is 18.7. The molecule has 1 fully saturated rings. The third-order valence-electron chi connectivity index (χ3n) is 4.34. The van der Waals surface area contributed by atoms with Gasteiger partial charge in [-0.05, 0) is 58.7 Å². The maximum absolute atomic E-state index is 14.1. The Hall–Kier alpha value is -1.60. The first-order chi connectivity index (χ1) is 12.5. The van der Waals surface area contributed by atoms with Gasteiger partial charge in [-0.2, -0.15) is 11.8 Å². The first kappa shape index (κ1) is 19.2. The second-order valence-corrected chi connectivity index (χ2v) is 8.12. The number of methoxy groups -OCH3 is 1. The molecule has 2 aromatic rings. The summed E-state index contributed by atoms with van der Waals surface area (Å²) < 4.78 is 33.5. The highest BCUT2D eigenvalue weighted by Gasteiger charge is 2.26. The lowest BCUT2D eigenvalue weighted by molar-refractivity contribution is 0.0765. The van der Waals surface area contributed by atoms with Crippen molar-refractivity contribution in [2.75, 3.05) is 26.0 Å². The number of carbonyl (C=O) groups is 1. The molecule has 0 aromatic heterocycles. The Morgan fingerprint density at radius 1 is 1.23 bits per heavy atom. The van der Waals surface area contributed by atoms with E-state index in [1.54, 1.807) is 42.0 Å². The lowest BCUT2D eigenvalue weighted by atomic mass is 10.1. The highest BCUT2D eigenvalue weighted by molar-refractivity contribution is 9.10. The number of hydrogen-bond donors (Lipinski definition) is 0. The maximum atomic E-state index is 14.1. The predicted molar refractivity (Wildman–Crippen MR) is 103 cm³/mol. The number of carbonyl (C=O) groups excluding carboxylic acids is 1. The predicted octanol–water partition coefficient (Wildman–Crippen LogP) is 5.06. The van der Waals surface area contributed by atoms with Crippen LogP contribution in [0, 0.1) is 11.6 Å². The molecule has 26 heavy (non-hydrogen) atoms. The van der Waals surface area contributed by atoms with E-state index in [1.165, 1.54) is 6.07 Å². The van der Waals surface area contributed by atoms with Crippen molar-refractivity contribution < 1.29 is 18.3 Å². The van der Waals surface area contributed by atoms with Gasteiger partial charge in [0.1, 0.15) is 17.4 Å². The quantitative estimate of drug-likeness (QED) is 0.666. The molecule has 3 rings (SSSR count). The van der Waals surface area contributed by atoms with Crippen LogP contribution in [0.25, 0.3) is 0 Å². The average Bonchev–Trinajstić information content (AvgIpc) is 2.89. The van der Waals surface area contributed by atoms with Crippen molar-refractivity contribution in [3.8, 4) is 5.75 Å². The van der Waals surface area contributed by atoms with Crippen LogP contribution in [0.5, 0.6) is 5.75 Å². The first-order valence-corrected chi connectivity index (χ1v) is 10.0. The summed E-state index contributed by atoms with van der Waals surface area (Å²) in [6, 6.07) is 8.80. The minimum absolute atomic E-state index is 0.100. The molecule has 1 aliphatic rings. The van der Waals surface area contributed by atoms with E-state index in [-0.39, 0.29) is 11.2 Å². The number of rotatable bonds is 3. The number of halogens is 3. The average molecular weight is 442 g/mol. The second-order valence-electron chi connectivity index (χ2n) is 5.95. The molecule has 1 atom stereocenters. The van der Waals surface area contributed by atoms with Crippen molar-refractivity contribution in [3.05, 3.63) is 63.6 Å². The maximum Gasteiger partial charge on any atom is 0.255 e. The molecule has 0 radical (unpaired) electrons. The van der Waals surface area contributed by atoms with Gasteiger partial charge >= 0.3 is 0 Å². The van der Waals surface area contributed by atoms with Gasteiger partial charge in [0.05, 0.1) is 12.7 Å². The van der Waals surface area contributed by atoms with Gasteiger partial charge in [0, 0.05) is 34.1 Å². The Morgan fingerprint density at radius 3 is 2.81 bits per heavy atom. The fraction of sp³-hybridized carbons (Fsp3) is 0.316. The fourth-order valence-electron chi connectivity index (χ4n) is 2.95. The van der Waals surface area contributed by atoms with E-state index in [0.29, 0.717) is 46.6 Å². The molecule has 1 heterocycles. The van der Waals surface area contributed by atoms with Crippen LogP contribution < -0.4 is 4.74 Å². The van der Waals surface area contributed by atoms with Crippen LogP contribution in [0.3, 0.4) is 0 Å². The Kier molecular flexibility index (Phi) is 6.19. The van der Waals surface area contributed by atoms with Crippen LogP contribution in [0.1, 0.15) is 27.6 Å². The molecule has 0 saturated carbocycles. The Balaban J connectivity index is 1.76. The number of ether oxygens (including phenoxy) is 1. The first-order valence-electron chi connectivity index (χ1n) is 8.19. The van der Waals surface area contributed by atoms with E-state index in [9.17, 15) is 13.6 Å². The van der Waals surface area contributed by atoms with E-state index in [4.69, 9.17) is 4.74 Å². The molecule has 138 valence electrons. The van der Waals surface area contributed by atoms with Gasteiger partial charge in [0.25, 0.3) is 5.91 Å². The molecule has 1 aliphatic heterocycles. The summed E-state index contributed by atoms with van der Waals surface area (Å²) in [7, 11) is 1.55. The Bertz CT molecular complexity index is 818. The van der Waals surface area contributed by atoms with Gasteiger partial charge in [0.15, 0.2) is 0 Å². The molecular formula is C19H18BrF2NO2S. The summed E-state index contributed by atoms with van der Waals surface area (Å²) in [5.74, 6) is 0.324. The minimum Gasteiger partial charge on any atom is -0.497 e. The van der Waals surface area contributed by atoms with E-state index in [2.05, 4.69) is 15.9 Å². The third kappa shape index (κ3) is 4.20. The van der Waals surface area contributed by atoms with Crippen molar-refractivity contribution in [2.45, 2.75) is 11.7 Å². The number of benzene rings is 2. The highest BCUT2D eigenvalue weighted by atomic mass is 79.9. The van der Waals surface area contributed by atoms with Crippen LogP contribution in [0.2, 0.25) is 0 Å². The summed E-state index contributed by atoms with van der Waals surface area (Å²) in [6.45, 7) is 1.04. The van der Waals surface area contributed by atoms with Crippen molar-refractivity contribution in [1.82, 2.24) is 4.90 Å². The van der Waals surface area contributed by atoms with Gasteiger partial charge in [-0.25, -0.2) is 8.78 Å². The molecule has 0 bridgehead atoms. The molecule has 1 unspecified atom stereocenters. The molecule has 0 N–H and O–H groups in total. The van der Waals surface area contributed by atoms with Crippen molar-refractivity contribution in [2.24, 2.45) is 0 Å². The number of hydrogen-bond acceptors (Lipinski definition) is 3. The lowest BCUT2D eigenvalue weighted by Gasteiger charge is -2.21.